The summed E-state index contributed by atoms with van der Waals surface area (Å²) in [4.78, 5) is 15.9. The maximum Gasteiger partial charge on any atom is 0.187 e. The zero-order valence-electron chi connectivity index (χ0n) is 15.8. The van der Waals surface area contributed by atoms with Gasteiger partial charge in [-0.2, -0.15) is 5.10 Å². The molecule has 0 spiro atoms. The highest BCUT2D eigenvalue weighted by molar-refractivity contribution is 7.21. The molecule has 142 valence electrons. The monoisotopic (exact) mass is 382 g/mol. The van der Waals surface area contributed by atoms with Crippen LogP contribution >= 0.6 is 11.3 Å². The molecule has 0 atom stereocenters. The zero-order valence-corrected chi connectivity index (χ0v) is 16.7. The van der Waals surface area contributed by atoms with Crippen LogP contribution < -0.4 is 4.90 Å². The summed E-state index contributed by atoms with van der Waals surface area (Å²) in [5.41, 5.74) is 3.02. The van der Waals surface area contributed by atoms with Crippen molar-refractivity contribution in [1.82, 2.24) is 24.6 Å². The largest absolute Gasteiger partial charge is 0.348 e. The summed E-state index contributed by atoms with van der Waals surface area (Å²) >= 11 is 1.72. The number of rotatable bonds is 3. The van der Waals surface area contributed by atoms with Crippen LogP contribution in [0.3, 0.4) is 0 Å². The Bertz CT molecular complexity index is 918. The molecule has 6 nitrogen and oxygen atoms in total. The van der Waals surface area contributed by atoms with E-state index in [9.17, 15) is 0 Å². The summed E-state index contributed by atoms with van der Waals surface area (Å²) in [6.45, 7) is 4.81. The molecule has 2 aliphatic rings. The molecular formula is C20H26N6S. The number of aryl methyl sites for hydroxylation is 1. The first-order valence-corrected chi connectivity index (χ1v) is 10.8. The van der Waals surface area contributed by atoms with Crippen molar-refractivity contribution in [3.63, 3.8) is 0 Å². The fraction of sp³-hybridized carbons (Fsp3) is 0.550. The molecule has 0 amide bonds. The summed E-state index contributed by atoms with van der Waals surface area (Å²) in [6, 6.07) is 4.91. The Morgan fingerprint density at radius 1 is 1.00 bits per heavy atom. The first-order valence-electron chi connectivity index (χ1n) is 10.0. The molecule has 2 aliphatic heterocycles. The van der Waals surface area contributed by atoms with Crippen LogP contribution in [0.25, 0.3) is 21.6 Å². The lowest BCUT2D eigenvalue weighted by molar-refractivity contribution is 0.141. The molecule has 0 saturated carbocycles. The molecule has 0 aromatic carbocycles. The van der Waals surface area contributed by atoms with Crippen LogP contribution in [0.2, 0.25) is 0 Å². The number of thiazole rings is 1. The van der Waals surface area contributed by atoms with E-state index in [0.717, 1.165) is 45.9 Å². The second-order valence-corrected chi connectivity index (χ2v) is 8.69. The highest BCUT2D eigenvalue weighted by atomic mass is 32.1. The van der Waals surface area contributed by atoms with E-state index in [1.165, 1.54) is 45.2 Å². The van der Waals surface area contributed by atoms with Crippen molar-refractivity contribution in [2.75, 3.05) is 31.1 Å². The van der Waals surface area contributed by atoms with Crippen molar-refractivity contribution in [2.45, 2.75) is 38.1 Å². The molecule has 27 heavy (non-hydrogen) atoms. The Kier molecular flexibility index (Phi) is 4.57. The number of fused-ring (bicyclic) bond motifs is 1. The minimum absolute atomic E-state index is 0.770. The van der Waals surface area contributed by atoms with Crippen LogP contribution in [0, 0.1) is 0 Å². The van der Waals surface area contributed by atoms with Crippen LogP contribution in [0.4, 0.5) is 5.13 Å². The summed E-state index contributed by atoms with van der Waals surface area (Å²) in [6.07, 6.45) is 10.5. The zero-order chi connectivity index (χ0) is 18.2. The normalized spacial score (nSPS) is 19.8. The number of nitrogens with zero attached hydrogens (tertiary/aromatic N) is 6. The Morgan fingerprint density at radius 2 is 1.81 bits per heavy atom. The summed E-state index contributed by atoms with van der Waals surface area (Å²) in [5.74, 6) is 0. The second-order valence-electron chi connectivity index (χ2n) is 7.73. The molecule has 7 heteroatoms. The van der Waals surface area contributed by atoms with Gasteiger partial charge in [0.25, 0.3) is 0 Å². The van der Waals surface area contributed by atoms with E-state index in [0.29, 0.717) is 0 Å². The predicted octanol–water partition coefficient (Wildman–Crippen LogP) is 3.55. The van der Waals surface area contributed by atoms with Crippen LogP contribution in [-0.4, -0.2) is 56.9 Å². The van der Waals surface area contributed by atoms with E-state index < -0.39 is 0 Å². The van der Waals surface area contributed by atoms with Gasteiger partial charge < -0.3 is 9.80 Å². The van der Waals surface area contributed by atoms with E-state index in [2.05, 4.69) is 21.0 Å². The van der Waals surface area contributed by atoms with Gasteiger partial charge in [-0.05, 0) is 50.9 Å². The third-order valence-electron chi connectivity index (χ3n) is 5.89. The second kappa shape index (κ2) is 7.20. The summed E-state index contributed by atoms with van der Waals surface area (Å²) in [7, 11) is 1.93. The molecule has 2 fully saturated rings. The standard InChI is InChI=1S/C20H26N6S/c1-24-14-15(13-21-24)17-5-6-18-19(22-17)27-20(23-18)26-11-7-16(8-12-26)25-9-3-2-4-10-25/h5-6,13-14,16H,2-4,7-12H2,1H3. The third kappa shape index (κ3) is 3.46. The van der Waals surface area contributed by atoms with Crippen molar-refractivity contribution in [3.05, 3.63) is 24.5 Å². The fourth-order valence-corrected chi connectivity index (χ4v) is 5.35. The van der Waals surface area contributed by atoms with Crippen molar-refractivity contribution in [2.24, 2.45) is 7.05 Å². The van der Waals surface area contributed by atoms with E-state index in [-0.39, 0.29) is 0 Å². The van der Waals surface area contributed by atoms with Gasteiger partial charge in [0.1, 0.15) is 10.3 Å². The highest BCUT2D eigenvalue weighted by Crippen LogP contribution is 2.32. The Labute approximate surface area is 163 Å². The van der Waals surface area contributed by atoms with Crippen molar-refractivity contribution in [1.29, 1.82) is 0 Å². The van der Waals surface area contributed by atoms with Gasteiger partial charge in [0, 0.05) is 37.9 Å². The molecule has 3 aromatic rings. The van der Waals surface area contributed by atoms with Gasteiger partial charge in [-0.15, -0.1) is 0 Å². The van der Waals surface area contributed by atoms with E-state index in [1.807, 2.05) is 30.2 Å². The van der Waals surface area contributed by atoms with Gasteiger partial charge in [0.2, 0.25) is 0 Å². The Balaban J connectivity index is 1.30. The molecule has 0 radical (unpaired) electrons. The van der Waals surface area contributed by atoms with Gasteiger partial charge in [-0.25, -0.2) is 9.97 Å². The van der Waals surface area contributed by atoms with Crippen LogP contribution in [0.1, 0.15) is 32.1 Å². The molecule has 5 heterocycles. The fourth-order valence-electron chi connectivity index (χ4n) is 4.36. The van der Waals surface area contributed by atoms with Crippen molar-refractivity contribution >= 4 is 26.8 Å². The van der Waals surface area contributed by atoms with E-state index in [1.54, 1.807) is 11.3 Å². The van der Waals surface area contributed by atoms with Gasteiger partial charge in [-0.1, -0.05) is 17.8 Å². The predicted molar refractivity (Wildman–Crippen MR) is 110 cm³/mol. The highest BCUT2D eigenvalue weighted by Gasteiger charge is 2.27. The SMILES string of the molecule is Cn1cc(-c2ccc3nc(N4CCC(N5CCCCC5)CC4)sc3n2)cn1. The van der Waals surface area contributed by atoms with Gasteiger partial charge in [-0.3, -0.25) is 4.68 Å². The average Bonchev–Trinajstić information content (AvgIpc) is 3.34. The molecule has 0 unspecified atom stereocenters. The number of hydrogen-bond acceptors (Lipinski definition) is 6. The first kappa shape index (κ1) is 17.1. The lowest BCUT2D eigenvalue weighted by atomic mass is 10.0. The minimum Gasteiger partial charge on any atom is -0.348 e. The number of aromatic nitrogens is 4. The number of pyridine rings is 1. The molecule has 3 aromatic heterocycles. The molecule has 0 N–H and O–H groups in total. The lowest BCUT2D eigenvalue weighted by Crippen LogP contribution is -2.46. The van der Waals surface area contributed by atoms with E-state index >= 15 is 0 Å². The average molecular weight is 383 g/mol. The van der Waals surface area contributed by atoms with Crippen LogP contribution in [-0.2, 0) is 7.05 Å². The Morgan fingerprint density at radius 3 is 2.56 bits per heavy atom. The maximum atomic E-state index is 4.86. The molecular weight excluding hydrogens is 356 g/mol. The number of likely N-dealkylation sites (tertiary alicyclic amines) is 1. The topological polar surface area (TPSA) is 50.1 Å². The minimum atomic E-state index is 0.770. The van der Waals surface area contributed by atoms with Crippen LogP contribution in [0.5, 0.6) is 0 Å². The number of piperidine rings is 2. The molecule has 5 rings (SSSR count). The van der Waals surface area contributed by atoms with Crippen molar-refractivity contribution < 1.29 is 0 Å². The van der Waals surface area contributed by atoms with E-state index in [4.69, 9.17) is 9.97 Å². The molecule has 2 saturated heterocycles. The Hall–Kier alpha value is -1.99. The quantitative estimate of drug-likeness (QED) is 0.693. The summed E-state index contributed by atoms with van der Waals surface area (Å²) in [5, 5.41) is 5.37. The molecule has 0 bridgehead atoms. The summed E-state index contributed by atoms with van der Waals surface area (Å²) < 4.78 is 1.81. The van der Waals surface area contributed by atoms with Gasteiger partial charge >= 0.3 is 0 Å². The number of anilines is 1. The molecule has 0 aliphatic carbocycles. The third-order valence-corrected chi connectivity index (χ3v) is 6.91. The smallest absolute Gasteiger partial charge is 0.187 e. The number of hydrogen-bond donors (Lipinski definition) is 0. The lowest BCUT2D eigenvalue weighted by Gasteiger charge is -2.40. The maximum absolute atomic E-state index is 4.86. The first-order chi connectivity index (χ1) is 13.3. The van der Waals surface area contributed by atoms with Gasteiger partial charge in [0.15, 0.2) is 5.13 Å². The van der Waals surface area contributed by atoms with Crippen molar-refractivity contribution in [3.8, 4) is 11.3 Å². The van der Waals surface area contributed by atoms with Crippen LogP contribution in [0.15, 0.2) is 24.5 Å². The van der Waals surface area contributed by atoms with Gasteiger partial charge in [0.05, 0.1) is 11.9 Å².